The Morgan fingerprint density at radius 3 is 2.68 bits per heavy atom. The zero-order chi connectivity index (χ0) is 15.9. The molecule has 0 amide bonds. The van der Waals surface area contributed by atoms with Gasteiger partial charge in [0.1, 0.15) is 6.61 Å². The fourth-order valence-electron chi connectivity index (χ4n) is 1.82. The van der Waals surface area contributed by atoms with Gasteiger partial charge in [-0.1, -0.05) is 35.9 Å². The van der Waals surface area contributed by atoms with Gasteiger partial charge < -0.3 is 9.47 Å². The van der Waals surface area contributed by atoms with Gasteiger partial charge in [0.15, 0.2) is 11.5 Å². The molecule has 0 heterocycles. The van der Waals surface area contributed by atoms with Crippen LogP contribution in [0.3, 0.4) is 0 Å². The van der Waals surface area contributed by atoms with E-state index >= 15 is 0 Å². The molecular weight excluding hydrogens is 306 g/mol. The first-order chi connectivity index (χ1) is 10.6. The van der Waals surface area contributed by atoms with E-state index in [-0.39, 0.29) is 0 Å². The molecular formula is C16H14ClNO4. The fraction of sp³-hybridized carbons (Fsp3) is 0.125. The quantitative estimate of drug-likeness (QED) is 0.592. The maximum absolute atomic E-state index is 10.3. The maximum atomic E-state index is 10.3. The van der Waals surface area contributed by atoms with E-state index in [4.69, 9.17) is 21.1 Å². The molecule has 0 radical (unpaired) electrons. The highest BCUT2D eigenvalue weighted by Crippen LogP contribution is 2.30. The summed E-state index contributed by atoms with van der Waals surface area (Å²) in [4.78, 5) is 9.82. The van der Waals surface area contributed by atoms with Crippen LogP contribution < -0.4 is 9.47 Å². The van der Waals surface area contributed by atoms with Crippen LogP contribution in [0.15, 0.2) is 48.7 Å². The minimum Gasteiger partial charge on any atom is -0.493 e. The second-order valence-electron chi connectivity index (χ2n) is 4.39. The van der Waals surface area contributed by atoms with Gasteiger partial charge in [0, 0.05) is 16.7 Å². The topological polar surface area (TPSA) is 61.6 Å². The van der Waals surface area contributed by atoms with Crippen LogP contribution in [0.5, 0.6) is 11.5 Å². The average Bonchev–Trinajstić information content (AvgIpc) is 2.52. The third kappa shape index (κ3) is 4.23. The Hall–Kier alpha value is -2.53. The van der Waals surface area contributed by atoms with Crippen molar-refractivity contribution in [3.63, 3.8) is 0 Å². The van der Waals surface area contributed by atoms with Crippen LogP contribution >= 0.6 is 11.6 Å². The van der Waals surface area contributed by atoms with E-state index in [1.54, 1.807) is 24.3 Å². The van der Waals surface area contributed by atoms with E-state index in [0.717, 1.165) is 11.8 Å². The van der Waals surface area contributed by atoms with Crippen molar-refractivity contribution >= 4 is 17.7 Å². The Bertz CT molecular complexity index is 700. The first-order valence-electron chi connectivity index (χ1n) is 6.46. The van der Waals surface area contributed by atoms with E-state index in [9.17, 15) is 10.1 Å². The summed E-state index contributed by atoms with van der Waals surface area (Å²) in [6.45, 7) is 0.306. The minimum atomic E-state index is -0.520. The molecule has 6 heteroatoms. The van der Waals surface area contributed by atoms with E-state index in [0.29, 0.717) is 28.7 Å². The summed E-state index contributed by atoms with van der Waals surface area (Å²) < 4.78 is 11.0. The number of rotatable bonds is 6. The van der Waals surface area contributed by atoms with Crippen LogP contribution in [0.1, 0.15) is 11.1 Å². The number of ether oxygens (including phenoxy) is 2. The van der Waals surface area contributed by atoms with Gasteiger partial charge in [0.25, 0.3) is 0 Å². The number of halogens is 1. The van der Waals surface area contributed by atoms with Crippen LogP contribution in [0, 0.1) is 10.1 Å². The molecule has 0 saturated heterocycles. The first kappa shape index (κ1) is 15.9. The van der Waals surface area contributed by atoms with Gasteiger partial charge in [-0.05, 0) is 23.8 Å². The minimum absolute atomic E-state index is 0.306. The monoisotopic (exact) mass is 319 g/mol. The standard InChI is InChI=1S/C16H14ClNO4/c1-21-16-10-12(8-9-18(19)20)6-7-15(16)22-11-13-4-2-3-5-14(13)17/h2-10H,11H2,1H3. The number of nitrogens with zero attached hydrogens (tertiary/aromatic N) is 1. The Labute approximate surface area is 132 Å². The molecule has 0 N–H and O–H groups in total. The molecule has 2 rings (SSSR count). The van der Waals surface area contributed by atoms with E-state index in [1.165, 1.54) is 13.2 Å². The van der Waals surface area contributed by atoms with Crippen LogP contribution in [-0.2, 0) is 6.61 Å². The highest BCUT2D eigenvalue weighted by Gasteiger charge is 2.07. The Balaban J connectivity index is 2.14. The van der Waals surface area contributed by atoms with E-state index in [2.05, 4.69) is 0 Å². The highest BCUT2D eigenvalue weighted by molar-refractivity contribution is 6.31. The third-order valence-electron chi connectivity index (χ3n) is 2.92. The van der Waals surface area contributed by atoms with Crippen molar-refractivity contribution in [3.05, 3.63) is 74.9 Å². The molecule has 0 atom stereocenters. The molecule has 0 saturated carbocycles. The lowest BCUT2D eigenvalue weighted by Crippen LogP contribution is -1.98. The van der Waals surface area contributed by atoms with Crippen LogP contribution in [0.2, 0.25) is 5.02 Å². The molecule has 0 aromatic heterocycles. The predicted octanol–water partition coefficient (Wildman–Crippen LogP) is 4.18. The number of hydrogen-bond donors (Lipinski definition) is 0. The molecule has 114 valence electrons. The average molecular weight is 320 g/mol. The molecule has 0 unspecified atom stereocenters. The summed E-state index contributed by atoms with van der Waals surface area (Å²) in [5, 5.41) is 11.0. The Morgan fingerprint density at radius 2 is 2.00 bits per heavy atom. The van der Waals surface area contributed by atoms with Crippen LogP contribution in [0.4, 0.5) is 0 Å². The van der Waals surface area contributed by atoms with Crippen molar-refractivity contribution in [3.8, 4) is 11.5 Å². The van der Waals surface area contributed by atoms with Gasteiger partial charge in [0.05, 0.1) is 12.0 Å². The molecule has 22 heavy (non-hydrogen) atoms. The smallest absolute Gasteiger partial charge is 0.235 e. The van der Waals surface area contributed by atoms with Crippen molar-refractivity contribution in [1.82, 2.24) is 0 Å². The molecule has 0 spiro atoms. The third-order valence-corrected chi connectivity index (χ3v) is 3.29. The van der Waals surface area contributed by atoms with Crippen molar-refractivity contribution < 1.29 is 14.4 Å². The summed E-state index contributed by atoms with van der Waals surface area (Å²) in [6.07, 6.45) is 2.26. The molecule has 5 nitrogen and oxygen atoms in total. The fourth-order valence-corrected chi connectivity index (χ4v) is 2.02. The molecule has 0 bridgehead atoms. The normalized spacial score (nSPS) is 10.6. The van der Waals surface area contributed by atoms with Crippen molar-refractivity contribution in [2.24, 2.45) is 0 Å². The zero-order valence-electron chi connectivity index (χ0n) is 11.9. The van der Waals surface area contributed by atoms with Crippen LogP contribution in [0.25, 0.3) is 6.08 Å². The van der Waals surface area contributed by atoms with Gasteiger partial charge >= 0.3 is 0 Å². The van der Waals surface area contributed by atoms with Crippen molar-refractivity contribution in [2.75, 3.05) is 7.11 Å². The lowest BCUT2D eigenvalue weighted by Gasteiger charge is -2.12. The summed E-state index contributed by atoms with van der Waals surface area (Å²) in [7, 11) is 1.51. The largest absolute Gasteiger partial charge is 0.493 e. The lowest BCUT2D eigenvalue weighted by molar-refractivity contribution is -0.400. The van der Waals surface area contributed by atoms with Crippen molar-refractivity contribution in [2.45, 2.75) is 6.61 Å². The number of nitro groups is 1. The molecule has 0 fully saturated rings. The number of benzene rings is 2. The van der Waals surface area contributed by atoms with Crippen LogP contribution in [-0.4, -0.2) is 12.0 Å². The SMILES string of the molecule is COc1cc(C=C[N+](=O)[O-])ccc1OCc1ccccc1Cl. The molecule has 0 aliphatic carbocycles. The Kier molecular flexibility index (Phi) is 5.38. The Morgan fingerprint density at radius 1 is 1.23 bits per heavy atom. The summed E-state index contributed by atoms with van der Waals surface area (Å²) in [5.41, 5.74) is 1.52. The summed E-state index contributed by atoms with van der Waals surface area (Å²) >= 11 is 6.08. The maximum Gasteiger partial charge on any atom is 0.235 e. The van der Waals surface area contributed by atoms with Gasteiger partial charge in [-0.25, -0.2) is 0 Å². The predicted molar refractivity (Wildman–Crippen MR) is 84.8 cm³/mol. The van der Waals surface area contributed by atoms with E-state index < -0.39 is 4.92 Å². The summed E-state index contributed by atoms with van der Waals surface area (Å²) in [5.74, 6) is 1.04. The van der Waals surface area contributed by atoms with Gasteiger partial charge in [-0.2, -0.15) is 0 Å². The molecule has 2 aromatic carbocycles. The second kappa shape index (κ2) is 7.47. The molecule has 0 aliphatic heterocycles. The zero-order valence-corrected chi connectivity index (χ0v) is 12.6. The second-order valence-corrected chi connectivity index (χ2v) is 4.80. The lowest BCUT2D eigenvalue weighted by atomic mass is 10.2. The highest BCUT2D eigenvalue weighted by atomic mass is 35.5. The molecule has 2 aromatic rings. The van der Waals surface area contributed by atoms with Gasteiger partial charge in [-0.15, -0.1) is 0 Å². The van der Waals surface area contributed by atoms with Gasteiger partial charge in [-0.3, -0.25) is 10.1 Å². The van der Waals surface area contributed by atoms with E-state index in [1.807, 2.05) is 18.2 Å². The number of hydrogen-bond acceptors (Lipinski definition) is 4. The molecule has 0 aliphatic rings. The first-order valence-corrected chi connectivity index (χ1v) is 6.84. The number of methoxy groups -OCH3 is 1. The summed E-state index contributed by atoms with van der Waals surface area (Å²) in [6, 6.07) is 12.5. The van der Waals surface area contributed by atoms with Gasteiger partial charge in [0.2, 0.25) is 6.20 Å². The van der Waals surface area contributed by atoms with Crippen molar-refractivity contribution in [1.29, 1.82) is 0 Å².